The third-order valence-electron chi connectivity index (χ3n) is 5.54. The zero-order valence-electron chi connectivity index (χ0n) is 18.1. The molecule has 3 heterocycles. The normalized spacial score (nSPS) is 14.6. The van der Waals surface area contributed by atoms with E-state index in [1.165, 1.54) is 16.2 Å². The van der Waals surface area contributed by atoms with Gasteiger partial charge in [0.25, 0.3) is 5.91 Å². The summed E-state index contributed by atoms with van der Waals surface area (Å²) < 4.78 is 10.7. The predicted molar refractivity (Wildman–Crippen MR) is 126 cm³/mol. The van der Waals surface area contributed by atoms with Gasteiger partial charge in [0.05, 0.1) is 19.9 Å². The quantitative estimate of drug-likeness (QED) is 0.532. The number of thiophene rings is 1. The van der Waals surface area contributed by atoms with E-state index >= 15 is 0 Å². The summed E-state index contributed by atoms with van der Waals surface area (Å²) in [5.41, 5.74) is 1.70. The maximum atomic E-state index is 13.2. The van der Waals surface area contributed by atoms with Gasteiger partial charge in [-0.15, -0.1) is 22.7 Å². The SMILES string of the molecule is COc1ccc(-c2nc(C)c(C(=O)N3CCN(CCc4cccs4)CC3)s2)cc1OC. The molecule has 31 heavy (non-hydrogen) atoms. The van der Waals surface area contributed by atoms with Gasteiger partial charge in [-0.25, -0.2) is 4.98 Å². The van der Waals surface area contributed by atoms with Crippen molar-refractivity contribution >= 4 is 28.6 Å². The Bertz CT molecular complexity index is 1020. The van der Waals surface area contributed by atoms with Crippen LogP contribution >= 0.6 is 22.7 Å². The number of thiazole rings is 1. The monoisotopic (exact) mass is 457 g/mol. The van der Waals surface area contributed by atoms with Gasteiger partial charge >= 0.3 is 0 Å². The number of piperazine rings is 1. The first kappa shape index (κ1) is 21.8. The number of benzene rings is 1. The third kappa shape index (κ3) is 4.92. The Morgan fingerprint density at radius 3 is 2.55 bits per heavy atom. The first-order chi connectivity index (χ1) is 15.1. The molecule has 0 spiro atoms. The molecule has 0 atom stereocenters. The van der Waals surface area contributed by atoms with E-state index in [1.807, 2.05) is 41.4 Å². The molecule has 1 fully saturated rings. The van der Waals surface area contributed by atoms with E-state index in [2.05, 4.69) is 27.4 Å². The second-order valence-electron chi connectivity index (χ2n) is 7.47. The van der Waals surface area contributed by atoms with Crippen molar-refractivity contribution in [2.24, 2.45) is 0 Å². The summed E-state index contributed by atoms with van der Waals surface area (Å²) in [6.07, 6.45) is 1.08. The molecule has 1 aliphatic heterocycles. The third-order valence-corrected chi connectivity index (χ3v) is 7.67. The highest BCUT2D eigenvalue weighted by Crippen LogP contribution is 2.35. The molecule has 0 radical (unpaired) electrons. The maximum Gasteiger partial charge on any atom is 0.265 e. The van der Waals surface area contributed by atoms with Crippen LogP contribution in [0, 0.1) is 6.92 Å². The minimum atomic E-state index is 0.0830. The van der Waals surface area contributed by atoms with Gasteiger partial charge in [0.15, 0.2) is 11.5 Å². The van der Waals surface area contributed by atoms with Gasteiger partial charge < -0.3 is 14.4 Å². The molecule has 0 N–H and O–H groups in total. The Hall–Kier alpha value is -2.42. The van der Waals surface area contributed by atoms with Crippen LogP contribution in [0.15, 0.2) is 35.7 Å². The molecule has 2 aromatic heterocycles. The summed E-state index contributed by atoms with van der Waals surface area (Å²) in [5, 5.41) is 2.94. The van der Waals surface area contributed by atoms with Crippen molar-refractivity contribution in [2.45, 2.75) is 13.3 Å². The largest absolute Gasteiger partial charge is 0.493 e. The molecule has 0 aliphatic carbocycles. The summed E-state index contributed by atoms with van der Waals surface area (Å²) in [5.74, 6) is 1.41. The Morgan fingerprint density at radius 1 is 1.10 bits per heavy atom. The van der Waals surface area contributed by atoms with Crippen molar-refractivity contribution in [3.8, 4) is 22.1 Å². The van der Waals surface area contributed by atoms with Gasteiger partial charge in [-0.2, -0.15) is 0 Å². The Kier molecular flexibility index (Phi) is 6.89. The minimum absolute atomic E-state index is 0.0830. The van der Waals surface area contributed by atoms with E-state index < -0.39 is 0 Å². The lowest BCUT2D eigenvalue weighted by molar-refractivity contribution is 0.0642. The highest BCUT2D eigenvalue weighted by Gasteiger charge is 2.25. The second-order valence-corrected chi connectivity index (χ2v) is 9.50. The smallest absolute Gasteiger partial charge is 0.265 e. The number of amides is 1. The standard InChI is InChI=1S/C23H27N3O3S2/c1-16-21(31-22(24-16)17-6-7-19(28-2)20(15-17)29-3)23(27)26-12-10-25(11-13-26)9-8-18-5-4-14-30-18/h4-7,14-15H,8-13H2,1-3H3. The van der Waals surface area contributed by atoms with E-state index in [0.29, 0.717) is 11.5 Å². The molecular formula is C23H27N3O3S2. The van der Waals surface area contributed by atoms with Crippen molar-refractivity contribution in [3.63, 3.8) is 0 Å². The average molecular weight is 458 g/mol. The van der Waals surface area contributed by atoms with Crippen molar-refractivity contribution in [1.82, 2.24) is 14.8 Å². The predicted octanol–water partition coefficient (Wildman–Crippen LogP) is 4.20. The molecule has 0 saturated carbocycles. The maximum absolute atomic E-state index is 13.2. The summed E-state index contributed by atoms with van der Waals surface area (Å²) >= 11 is 3.25. The van der Waals surface area contributed by atoms with Gasteiger partial charge in [-0.05, 0) is 43.0 Å². The van der Waals surface area contributed by atoms with Crippen LogP contribution in [0.3, 0.4) is 0 Å². The van der Waals surface area contributed by atoms with Crippen LogP contribution in [0.2, 0.25) is 0 Å². The number of rotatable bonds is 7. The molecule has 1 aliphatic rings. The number of ether oxygens (including phenoxy) is 2. The highest BCUT2D eigenvalue weighted by atomic mass is 32.1. The molecule has 0 bridgehead atoms. The number of methoxy groups -OCH3 is 2. The number of aryl methyl sites for hydroxylation is 1. The van der Waals surface area contributed by atoms with Crippen molar-refractivity contribution < 1.29 is 14.3 Å². The molecule has 3 aromatic rings. The van der Waals surface area contributed by atoms with Crippen LogP contribution in [0.1, 0.15) is 20.2 Å². The van der Waals surface area contributed by atoms with Crippen molar-refractivity contribution in [3.05, 3.63) is 51.2 Å². The van der Waals surface area contributed by atoms with Crippen LogP contribution in [-0.4, -0.2) is 67.6 Å². The molecule has 6 nitrogen and oxygen atoms in total. The van der Waals surface area contributed by atoms with Gasteiger partial charge in [0.2, 0.25) is 0 Å². The van der Waals surface area contributed by atoms with Crippen molar-refractivity contribution in [1.29, 1.82) is 0 Å². The van der Waals surface area contributed by atoms with E-state index in [4.69, 9.17) is 9.47 Å². The summed E-state index contributed by atoms with van der Waals surface area (Å²) in [6, 6.07) is 10.00. The molecule has 0 unspecified atom stereocenters. The van der Waals surface area contributed by atoms with Crippen LogP contribution in [0.25, 0.3) is 10.6 Å². The Balaban J connectivity index is 1.40. The molecule has 4 rings (SSSR count). The van der Waals surface area contributed by atoms with E-state index in [0.717, 1.165) is 60.3 Å². The first-order valence-corrected chi connectivity index (χ1v) is 12.0. The average Bonchev–Trinajstić information content (AvgIpc) is 3.47. The highest BCUT2D eigenvalue weighted by molar-refractivity contribution is 7.17. The molecule has 1 saturated heterocycles. The van der Waals surface area contributed by atoms with E-state index in [9.17, 15) is 4.79 Å². The first-order valence-electron chi connectivity index (χ1n) is 10.3. The molecular weight excluding hydrogens is 430 g/mol. The van der Waals surface area contributed by atoms with Gasteiger partial charge in [0.1, 0.15) is 9.88 Å². The zero-order valence-corrected chi connectivity index (χ0v) is 19.7. The lowest BCUT2D eigenvalue weighted by Crippen LogP contribution is -2.49. The fourth-order valence-corrected chi connectivity index (χ4v) is 5.46. The number of hydrogen-bond donors (Lipinski definition) is 0. The van der Waals surface area contributed by atoms with Crippen LogP contribution in [-0.2, 0) is 6.42 Å². The molecule has 164 valence electrons. The van der Waals surface area contributed by atoms with E-state index in [-0.39, 0.29) is 5.91 Å². The summed E-state index contributed by atoms with van der Waals surface area (Å²) in [7, 11) is 3.23. The number of aromatic nitrogens is 1. The Labute approximate surface area is 191 Å². The van der Waals surface area contributed by atoms with Crippen molar-refractivity contribution in [2.75, 3.05) is 46.9 Å². The number of hydrogen-bond acceptors (Lipinski definition) is 7. The lowest BCUT2D eigenvalue weighted by Gasteiger charge is -2.34. The van der Waals surface area contributed by atoms with Gasteiger partial charge in [-0.1, -0.05) is 6.07 Å². The topological polar surface area (TPSA) is 54.9 Å². The fraction of sp³-hybridized carbons (Fsp3) is 0.391. The van der Waals surface area contributed by atoms with Gasteiger partial charge in [0, 0.05) is 43.2 Å². The second kappa shape index (κ2) is 9.80. The lowest BCUT2D eigenvalue weighted by atomic mass is 10.2. The van der Waals surface area contributed by atoms with Crippen LogP contribution in [0.4, 0.5) is 0 Å². The summed E-state index contributed by atoms with van der Waals surface area (Å²) in [4.78, 5) is 24.4. The summed E-state index contributed by atoms with van der Waals surface area (Å²) in [6.45, 7) is 6.30. The molecule has 1 aromatic carbocycles. The number of carbonyl (C=O) groups is 1. The minimum Gasteiger partial charge on any atom is -0.493 e. The Morgan fingerprint density at radius 2 is 1.87 bits per heavy atom. The zero-order chi connectivity index (χ0) is 21.8. The molecule has 1 amide bonds. The van der Waals surface area contributed by atoms with Crippen LogP contribution < -0.4 is 9.47 Å². The van der Waals surface area contributed by atoms with Crippen LogP contribution in [0.5, 0.6) is 11.5 Å². The number of nitrogens with zero attached hydrogens (tertiary/aromatic N) is 3. The fourth-order valence-electron chi connectivity index (χ4n) is 3.73. The van der Waals surface area contributed by atoms with E-state index in [1.54, 1.807) is 14.2 Å². The molecule has 8 heteroatoms. The van der Waals surface area contributed by atoms with Gasteiger partial charge in [-0.3, -0.25) is 9.69 Å². The number of carbonyl (C=O) groups excluding carboxylic acids is 1.